The number of nitrogens with zero attached hydrogens (tertiary/aromatic N) is 1. The van der Waals surface area contributed by atoms with Gasteiger partial charge < -0.3 is 4.74 Å². The molecule has 4 nitrogen and oxygen atoms in total. The lowest BCUT2D eigenvalue weighted by atomic mass is 10.0. The topological polar surface area (TPSA) is 46.6 Å². The molecule has 0 aromatic rings. The van der Waals surface area contributed by atoms with Gasteiger partial charge in [0.2, 0.25) is 10.0 Å². The van der Waals surface area contributed by atoms with Crippen LogP contribution in [0.2, 0.25) is 0 Å². The van der Waals surface area contributed by atoms with Gasteiger partial charge in [0.25, 0.3) is 0 Å². The molecule has 0 radical (unpaired) electrons. The van der Waals surface area contributed by atoms with Gasteiger partial charge in [0.05, 0.1) is 6.26 Å². The standard InChI is InChI=1S/C10H21NO3S/c1-9(2)11(15(3,12)13)8-10-4-6-14-7-5-10/h9-10H,4-8H2,1-3H3. The summed E-state index contributed by atoms with van der Waals surface area (Å²) in [7, 11) is -3.07. The maximum absolute atomic E-state index is 11.5. The molecular weight excluding hydrogens is 214 g/mol. The molecule has 0 bridgehead atoms. The molecule has 1 aliphatic rings. The van der Waals surface area contributed by atoms with Crippen LogP contribution in [0.25, 0.3) is 0 Å². The lowest BCUT2D eigenvalue weighted by Gasteiger charge is -2.30. The molecule has 0 atom stereocenters. The van der Waals surface area contributed by atoms with E-state index in [1.54, 1.807) is 4.31 Å². The van der Waals surface area contributed by atoms with Crippen LogP contribution in [0.3, 0.4) is 0 Å². The first-order valence-corrected chi connectivity index (χ1v) is 7.30. The molecule has 0 N–H and O–H groups in total. The summed E-state index contributed by atoms with van der Waals surface area (Å²) in [6.45, 7) is 6.00. The molecule has 90 valence electrons. The van der Waals surface area contributed by atoms with Crippen molar-refractivity contribution in [3.05, 3.63) is 0 Å². The third kappa shape index (κ3) is 4.09. The molecule has 1 rings (SSSR count). The molecule has 1 heterocycles. The first-order chi connectivity index (χ1) is 6.91. The number of rotatable bonds is 4. The highest BCUT2D eigenvalue weighted by molar-refractivity contribution is 7.88. The van der Waals surface area contributed by atoms with Crippen LogP contribution >= 0.6 is 0 Å². The van der Waals surface area contributed by atoms with Crippen LogP contribution in [-0.4, -0.2) is 44.8 Å². The Morgan fingerprint density at radius 2 is 1.87 bits per heavy atom. The fourth-order valence-corrected chi connectivity index (χ4v) is 3.16. The van der Waals surface area contributed by atoms with Crippen molar-refractivity contribution in [2.75, 3.05) is 26.0 Å². The number of hydrogen-bond acceptors (Lipinski definition) is 3. The first-order valence-electron chi connectivity index (χ1n) is 5.46. The highest BCUT2D eigenvalue weighted by Gasteiger charge is 2.25. The van der Waals surface area contributed by atoms with Gasteiger partial charge >= 0.3 is 0 Å². The van der Waals surface area contributed by atoms with E-state index in [1.165, 1.54) is 6.26 Å². The van der Waals surface area contributed by atoms with Crippen molar-refractivity contribution in [1.29, 1.82) is 0 Å². The smallest absolute Gasteiger partial charge is 0.211 e. The van der Waals surface area contributed by atoms with Gasteiger partial charge in [-0.3, -0.25) is 0 Å². The number of hydrogen-bond donors (Lipinski definition) is 0. The first kappa shape index (κ1) is 12.9. The van der Waals surface area contributed by atoms with Crippen molar-refractivity contribution < 1.29 is 13.2 Å². The van der Waals surface area contributed by atoms with E-state index in [0.29, 0.717) is 12.5 Å². The Bertz CT molecular complexity index is 281. The second-order valence-corrected chi connectivity index (χ2v) is 6.42. The summed E-state index contributed by atoms with van der Waals surface area (Å²) in [6, 6.07) is 0.0443. The monoisotopic (exact) mass is 235 g/mol. The summed E-state index contributed by atoms with van der Waals surface area (Å²) < 4.78 is 29.9. The maximum Gasteiger partial charge on any atom is 0.211 e. The molecule has 1 saturated heterocycles. The van der Waals surface area contributed by atoms with Gasteiger partial charge in [0.1, 0.15) is 0 Å². The normalized spacial score (nSPS) is 20.1. The molecule has 1 fully saturated rings. The average Bonchev–Trinajstić information content (AvgIpc) is 2.13. The summed E-state index contributed by atoms with van der Waals surface area (Å²) in [5.41, 5.74) is 0. The molecule has 5 heteroatoms. The molecule has 0 saturated carbocycles. The molecule has 0 aromatic carbocycles. The van der Waals surface area contributed by atoms with Crippen LogP contribution in [0.5, 0.6) is 0 Å². The zero-order valence-electron chi connectivity index (χ0n) is 9.77. The fraction of sp³-hybridized carbons (Fsp3) is 1.00. The second kappa shape index (κ2) is 5.27. The van der Waals surface area contributed by atoms with Gasteiger partial charge in [-0.05, 0) is 32.6 Å². The summed E-state index contributed by atoms with van der Waals surface area (Å²) in [5, 5.41) is 0. The summed E-state index contributed by atoms with van der Waals surface area (Å²) in [4.78, 5) is 0. The Hall–Kier alpha value is -0.130. The van der Waals surface area contributed by atoms with E-state index >= 15 is 0 Å². The van der Waals surface area contributed by atoms with Gasteiger partial charge in [-0.15, -0.1) is 0 Å². The molecule has 0 aliphatic carbocycles. The maximum atomic E-state index is 11.5. The fourth-order valence-electron chi connectivity index (χ4n) is 1.91. The Morgan fingerprint density at radius 1 is 1.33 bits per heavy atom. The second-order valence-electron chi connectivity index (χ2n) is 4.48. The van der Waals surface area contributed by atoms with Gasteiger partial charge in [0, 0.05) is 25.8 Å². The number of ether oxygens (including phenoxy) is 1. The van der Waals surface area contributed by atoms with E-state index in [0.717, 1.165) is 26.1 Å². The minimum absolute atomic E-state index is 0.0443. The molecule has 0 aromatic heterocycles. The molecule has 0 amide bonds. The Kier molecular flexibility index (Phi) is 4.55. The van der Waals surface area contributed by atoms with Gasteiger partial charge in [-0.2, -0.15) is 4.31 Å². The minimum atomic E-state index is -3.07. The summed E-state index contributed by atoms with van der Waals surface area (Å²) in [6.07, 6.45) is 3.23. The summed E-state index contributed by atoms with van der Waals surface area (Å²) in [5.74, 6) is 0.455. The van der Waals surface area contributed by atoms with E-state index < -0.39 is 10.0 Å². The van der Waals surface area contributed by atoms with E-state index in [2.05, 4.69) is 0 Å². The van der Waals surface area contributed by atoms with Crippen LogP contribution in [0.15, 0.2) is 0 Å². The molecular formula is C10H21NO3S. The quantitative estimate of drug-likeness (QED) is 0.732. The zero-order chi connectivity index (χ0) is 11.5. The van der Waals surface area contributed by atoms with Crippen molar-refractivity contribution >= 4 is 10.0 Å². The molecule has 15 heavy (non-hydrogen) atoms. The largest absolute Gasteiger partial charge is 0.381 e. The van der Waals surface area contributed by atoms with Crippen molar-refractivity contribution in [2.24, 2.45) is 5.92 Å². The van der Waals surface area contributed by atoms with Gasteiger partial charge in [-0.1, -0.05) is 0 Å². The molecule has 1 aliphatic heterocycles. The van der Waals surface area contributed by atoms with Gasteiger partial charge in [0.15, 0.2) is 0 Å². The Labute approximate surface area is 92.7 Å². The van der Waals surface area contributed by atoms with E-state index in [4.69, 9.17) is 4.74 Å². The van der Waals surface area contributed by atoms with E-state index in [9.17, 15) is 8.42 Å². The molecule has 0 spiro atoms. The minimum Gasteiger partial charge on any atom is -0.381 e. The third-order valence-corrected chi connectivity index (χ3v) is 4.20. The predicted octanol–water partition coefficient (Wildman–Crippen LogP) is 1.08. The SMILES string of the molecule is CC(C)N(CC1CCOCC1)S(C)(=O)=O. The summed E-state index contributed by atoms with van der Waals surface area (Å²) >= 11 is 0. The van der Waals surface area contributed by atoms with Gasteiger partial charge in [-0.25, -0.2) is 8.42 Å². The zero-order valence-corrected chi connectivity index (χ0v) is 10.6. The van der Waals surface area contributed by atoms with Crippen LogP contribution in [0.1, 0.15) is 26.7 Å². The molecule has 0 unspecified atom stereocenters. The average molecular weight is 235 g/mol. The Balaban J connectivity index is 2.58. The van der Waals surface area contributed by atoms with E-state index in [-0.39, 0.29) is 6.04 Å². The van der Waals surface area contributed by atoms with Crippen LogP contribution < -0.4 is 0 Å². The van der Waals surface area contributed by atoms with Crippen LogP contribution in [0.4, 0.5) is 0 Å². The van der Waals surface area contributed by atoms with Crippen molar-refractivity contribution in [2.45, 2.75) is 32.7 Å². The third-order valence-electron chi connectivity index (χ3n) is 2.78. The Morgan fingerprint density at radius 3 is 2.27 bits per heavy atom. The predicted molar refractivity (Wildman–Crippen MR) is 60.2 cm³/mol. The van der Waals surface area contributed by atoms with Crippen LogP contribution in [0, 0.1) is 5.92 Å². The highest BCUT2D eigenvalue weighted by Crippen LogP contribution is 2.18. The van der Waals surface area contributed by atoms with E-state index in [1.807, 2.05) is 13.8 Å². The van der Waals surface area contributed by atoms with Crippen LogP contribution in [-0.2, 0) is 14.8 Å². The lowest BCUT2D eigenvalue weighted by Crippen LogP contribution is -2.40. The highest BCUT2D eigenvalue weighted by atomic mass is 32.2. The van der Waals surface area contributed by atoms with Crippen molar-refractivity contribution in [3.63, 3.8) is 0 Å². The van der Waals surface area contributed by atoms with Crippen molar-refractivity contribution in [1.82, 2.24) is 4.31 Å². The van der Waals surface area contributed by atoms with Crippen molar-refractivity contribution in [3.8, 4) is 0 Å². The lowest BCUT2D eigenvalue weighted by molar-refractivity contribution is 0.0587. The number of sulfonamides is 1.